The molecule has 0 saturated carbocycles. The Morgan fingerprint density at radius 1 is 1.31 bits per heavy atom. The van der Waals surface area contributed by atoms with Gasteiger partial charge in [0.2, 0.25) is 0 Å². The Hall–Kier alpha value is -0.0800. The van der Waals surface area contributed by atoms with E-state index in [1.165, 1.54) is 38.8 Å². The molecular weight excluding hydrogens is 196 g/mol. The van der Waals surface area contributed by atoms with E-state index in [1.54, 1.807) is 0 Å². The van der Waals surface area contributed by atoms with Crippen molar-refractivity contribution in [3.8, 4) is 0 Å². The molecule has 1 aliphatic rings. The summed E-state index contributed by atoms with van der Waals surface area (Å²) in [5.74, 6) is 0.884. The molecule has 3 atom stereocenters. The maximum Gasteiger partial charge on any atom is 0.0195 e. The second-order valence-corrected chi connectivity index (χ2v) is 5.64. The SMILES string of the molecule is CCCCNCC(C)N1CC(C)CCC1C. The van der Waals surface area contributed by atoms with Crippen LogP contribution in [0.2, 0.25) is 0 Å². The van der Waals surface area contributed by atoms with Crippen molar-refractivity contribution in [2.45, 2.75) is 65.5 Å². The summed E-state index contributed by atoms with van der Waals surface area (Å²) in [4.78, 5) is 2.69. The molecule has 0 amide bonds. The first-order chi connectivity index (χ1) is 7.65. The molecule has 0 bridgehead atoms. The van der Waals surface area contributed by atoms with E-state index in [4.69, 9.17) is 0 Å². The van der Waals surface area contributed by atoms with Crippen molar-refractivity contribution >= 4 is 0 Å². The molecule has 0 spiro atoms. The molecule has 0 aromatic heterocycles. The average molecular weight is 226 g/mol. The summed E-state index contributed by atoms with van der Waals surface area (Å²) in [6, 6.07) is 1.47. The summed E-state index contributed by atoms with van der Waals surface area (Å²) in [6.45, 7) is 13.0. The van der Waals surface area contributed by atoms with Gasteiger partial charge in [-0.1, -0.05) is 20.3 Å². The fourth-order valence-corrected chi connectivity index (χ4v) is 2.67. The third-order valence-electron chi connectivity index (χ3n) is 3.88. The first-order valence-corrected chi connectivity index (χ1v) is 7.11. The molecule has 1 N–H and O–H groups in total. The van der Waals surface area contributed by atoms with Gasteiger partial charge in [-0.2, -0.15) is 0 Å². The van der Waals surface area contributed by atoms with Crippen LogP contribution in [-0.2, 0) is 0 Å². The highest BCUT2D eigenvalue weighted by Gasteiger charge is 2.26. The molecular formula is C14H30N2. The van der Waals surface area contributed by atoms with E-state index in [2.05, 4.69) is 37.9 Å². The number of unbranched alkanes of at least 4 members (excludes halogenated alkanes) is 1. The molecule has 2 nitrogen and oxygen atoms in total. The van der Waals surface area contributed by atoms with Crippen LogP contribution in [-0.4, -0.2) is 36.6 Å². The maximum atomic E-state index is 3.58. The monoisotopic (exact) mass is 226 g/mol. The Balaban J connectivity index is 2.25. The van der Waals surface area contributed by atoms with Crippen molar-refractivity contribution in [2.75, 3.05) is 19.6 Å². The zero-order valence-corrected chi connectivity index (χ0v) is 11.6. The number of nitrogens with zero attached hydrogens (tertiary/aromatic N) is 1. The van der Waals surface area contributed by atoms with Crippen LogP contribution in [0.1, 0.15) is 53.4 Å². The van der Waals surface area contributed by atoms with Gasteiger partial charge in [-0.15, -0.1) is 0 Å². The Labute approximate surface area is 102 Å². The van der Waals surface area contributed by atoms with Gasteiger partial charge in [0.15, 0.2) is 0 Å². The molecule has 0 aliphatic carbocycles. The highest BCUT2D eigenvalue weighted by atomic mass is 15.2. The molecule has 1 fully saturated rings. The van der Waals surface area contributed by atoms with E-state index in [0.29, 0.717) is 6.04 Å². The van der Waals surface area contributed by atoms with Crippen molar-refractivity contribution < 1.29 is 0 Å². The van der Waals surface area contributed by atoms with E-state index < -0.39 is 0 Å². The summed E-state index contributed by atoms with van der Waals surface area (Å²) in [7, 11) is 0. The highest BCUT2D eigenvalue weighted by Crippen LogP contribution is 2.22. The summed E-state index contributed by atoms with van der Waals surface area (Å²) < 4.78 is 0. The number of likely N-dealkylation sites (tertiary alicyclic amines) is 1. The summed E-state index contributed by atoms with van der Waals surface area (Å²) in [5, 5.41) is 3.58. The molecule has 16 heavy (non-hydrogen) atoms. The van der Waals surface area contributed by atoms with Crippen molar-refractivity contribution in [1.82, 2.24) is 10.2 Å². The fourth-order valence-electron chi connectivity index (χ4n) is 2.67. The largest absolute Gasteiger partial charge is 0.315 e. The normalized spacial score (nSPS) is 29.2. The van der Waals surface area contributed by atoms with Gasteiger partial charge < -0.3 is 5.32 Å². The van der Waals surface area contributed by atoms with Crippen molar-refractivity contribution in [2.24, 2.45) is 5.92 Å². The highest BCUT2D eigenvalue weighted by molar-refractivity contribution is 4.81. The lowest BCUT2D eigenvalue weighted by Gasteiger charge is -2.41. The minimum Gasteiger partial charge on any atom is -0.315 e. The van der Waals surface area contributed by atoms with E-state index >= 15 is 0 Å². The summed E-state index contributed by atoms with van der Waals surface area (Å²) in [6.07, 6.45) is 5.38. The van der Waals surface area contributed by atoms with E-state index in [-0.39, 0.29) is 0 Å². The zero-order valence-electron chi connectivity index (χ0n) is 11.6. The van der Waals surface area contributed by atoms with Gasteiger partial charge in [0, 0.05) is 25.2 Å². The lowest BCUT2D eigenvalue weighted by molar-refractivity contribution is 0.0841. The predicted molar refractivity (Wildman–Crippen MR) is 71.8 cm³/mol. The van der Waals surface area contributed by atoms with Crippen molar-refractivity contribution in [3.05, 3.63) is 0 Å². The number of hydrogen-bond acceptors (Lipinski definition) is 2. The van der Waals surface area contributed by atoms with E-state index in [0.717, 1.165) is 18.5 Å². The second-order valence-electron chi connectivity index (χ2n) is 5.64. The average Bonchev–Trinajstić information content (AvgIpc) is 2.27. The van der Waals surface area contributed by atoms with Crippen LogP contribution < -0.4 is 5.32 Å². The van der Waals surface area contributed by atoms with Gasteiger partial charge in [-0.25, -0.2) is 0 Å². The van der Waals surface area contributed by atoms with Crippen molar-refractivity contribution in [3.63, 3.8) is 0 Å². The van der Waals surface area contributed by atoms with Gasteiger partial charge in [-0.05, 0) is 45.6 Å². The standard InChI is InChI=1S/C14H30N2/c1-5-6-9-15-10-14(4)16-11-12(2)7-8-13(16)3/h12-15H,5-11H2,1-4H3. The lowest BCUT2D eigenvalue weighted by Crippen LogP contribution is -2.49. The molecule has 0 aromatic rings. The van der Waals surface area contributed by atoms with Crippen molar-refractivity contribution in [1.29, 1.82) is 0 Å². The number of nitrogens with one attached hydrogen (secondary N) is 1. The molecule has 0 aromatic carbocycles. The number of hydrogen-bond donors (Lipinski definition) is 1. The van der Waals surface area contributed by atoms with E-state index in [9.17, 15) is 0 Å². The van der Waals surface area contributed by atoms with Crippen LogP contribution >= 0.6 is 0 Å². The number of piperidine rings is 1. The maximum absolute atomic E-state index is 3.58. The fraction of sp³-hybridized carbons (Fsp3) is 1.00. The lowest BCUT2D eigenvalue weighted by atomic mass is 9.93. The Bertz CT molecular complexity index is 182. The summed E-state index contributed by atoms with van der Waals surface area (Å²) in [5.41, 5.74) is 0. The Morgan fingerprint density at radius 2 is 2.06 bits per heavy atom. The van der Waals surface area contributed by atoms with Crippen LogP contribution in [0, 0.1) is 5.92 Å². The van der Waals surface area contributed by atoms with Crippen LogP contribution in [0.5, 0.6) is 0 Å². The molecule has 1 aliphatic heterocycles. The molecule has 96 valence electrons. The number of rotatable bonds is 6. The van der Waals surface area contributed by atoms with Crippen LogP contribution in [0.25, 0.3) is 0 Å². The second kappa shape index (κ2) is 7.29. The first kappa shape index (κ1) is 14.0. The summed E-state index contributed by atoms with van der Waals surface area (Å²) >= 11 is 0. The topological polar surface area (TPSA) is 15.3 Å². The zero-order chi connectivity index (χ0) is 12.0. The molecule has 3 unspecified atom stereocenters. The minimum absolute atomic E-state index is 0.689. The quantitative estimate of drug-likeness (QED) is 0.701. The molecule has 1 heterocycles. The molecule has 1 saturated heterocycles. The third-order valence-corrected chi connectivity index (χ3v) is 3.88. The van der Waals surface area contributed by atoms with Gasteiger partial charge >= 0.3 is 0 Å². The Morgan fingerprint density at radius 3 is 2.75 bits per heavy atom. The van der Waals surface area contributed by atoms with Crippen LogP contribution in [0.4, 0.5) is 0 Å². The minimum atomic E-state index is 0.689. The molecule has 0 radical (unpaired) electrons. The molecule has 2 heteroatoms. The van der Waals surface area contributed by atoms with Crippen LogP contribution in [0.15, 0.2) is 0 Å². The third kappa shape index (κ3) is 4.42. The predicted octanol–water partition coefficient (Wildman–Crippen LogP) is 2.89. The van der Waals surface area contributed by atoms with Gasteiger partial charge in [0.1, 0.15) is 0 Å². The van der Waals surface area contributed by atoms with Gasteiger partial charge in [0.05, 0.1) is 0 Å². The molecule has 1 rings (SSSR count). The van der Waals surface area contributed by atoms with Gasteiger partial charge in [-0.3, -0.25) is 4.90 Å². The Kier molecular flexibility index (Phi) is 6.37. The van der Waals surface area contributed by atoms with Crippen LogP contribution in [0.3, 0.4) is 0 Å². The van der Waals surface area contributed by atoms with E-state index in [1.807, 2.05) is 0 Å². The smallest absolute Gasteiger partial charge is 0.0195 e. The first-order valence-electron chi connectivity index (χ1n) is 7.11. The van der Waals surface area contributed by atoms with Gasteiger partial charge in [0.25, 0.3) is 0 Å².